The van der Waals surface area contributed by atoms with Crippen LogP contribution in [-0.4, -0.2) is 55.6 Å². The van der Waals surface area contributed by atoms with Crippen molar-refractivity contribution in [3.8, 4) is 5.75 Å². The Kier molecular flexibility index (Phi) is 7.37. The fraction of sp³-hybridized carbons (Fsp3) is 0.632. The lowest BCUT2D eigenvalue weighted by molar-refractivity contribution is 0.223. The van der Waals surface area contributed by atoms with Gasteiger partial charge in [0.1, 0.15) is 5.75 Å². The van der Waals surface area contributed by atoms with Crippen molar-refractivity contribution in [2.45, 2.75) is 39.2 Å². The summed E-state index contributed by atoms with van der Waals surface area (Å²) in [6.07, 6.45) is 3.73. The van der Waals surface area contributed by atoms with E-state index in [1.807, 2.05) is 12.1 Å². The van der Waals surface area contributed by atoms with Gasteiger partial charge in [0.2, 0.25) is 0 Å². The van der Waals surface area contributed by atoms with Crippen molar-refractivity contribution in [3.05, 3.63) is 29.8 Å². The van der Waals surface area contributed by atoms with Gasteiger partial charge in [0.25, 0.3) is 0 Å². The van der Waals surface area contributed by atoms with Gasteiger partial charge in [0, 0.05) is 13.1 Å². The van der Waals surface area contributed by atoms with E-state index in [4.69, 9.17) is 15.5 Å². The minimum absolute atomic E-state index is 0.221. The Morgan fingerprint density at radius 2 is 1.96 bits per heavy atom. The average molecular weight is 332 g/mol. The minimum atomic E-state index is 0.221. The molecule has 24 heavy (non-hydrogen) atoms. The summed E-state index contributed by atoms with van der Waals surface area (Å²) >= 11 is 0. The van der Waals surface area contributed by atoms with Crippen molar-refractivity contribution in [3.63, 3.8) is 0 Å². The van der Waals surface area contributed by atoms with Crippen molar-refractivity contribution >= 4 is 5.96 Å². The van der Waals surface area contributed by atoms with Gasteiger partial charge in [-0.25, -0.2) is 0 Å². The summed E-state index contributed by atoms with van der Waals surface area (Å²) < 4.78 is 5.39. The molecule has 1 aromatic rings. The standard InChI is InChI=1S/C19H32N4O/c1-4-22(5-2)18(16-10-9-11-17(14-16)24-3)15-21-19(20)23-12-7-6-8-13-23/h9-11,14,18H,4-8,12-13,15H2,1-3H3,(H2,20,21). The molecule has 1 atom stereocenters. The number of aliphatic imine (C=N–C) groups is 1. The first-order chi connectivity index (χ1) is 11.7. The summed E-state index contributed by atoms with van der Waals surface area (Å²) in [6.45, 7) is 9.09. The molecule has 1 aromatic carbocycles. The van der Waals surface area contributed by atoms with Gasteiger partial charge in [-0.2, -0.15) is 0 Å². The molecule has 1 unspecified atom stereocenters. The lowest BCUT2D eigenvalue weighted by atomic mass is 10.0. The van der Waals surface area contributed by atoms with Crippen molar-refractivity contribution in [2.24, 2.45) is 10.7 Å². The third-order valence-corrected chi connectivity index (χ3v) is 4.84. The van der Waals surface area contributed by atoms with E-state index in [0.717, 1.165) is 31.9 Å². The van der Waals surface area contributed by atoms with Gasteiger partial charge in [0.05, 0.1) is 19.7 Å². The third-order valence-electron chi connectivity index (χ3n) is 4.84. The molecule has 1 aliphatic heterocycles. The number of methoxy groups -OCH3 is 1. The number of benzene rings is 1. The van der Waals surface area contributed by atoms with E-state index in [1.54, 1.807) is 7.11 Å². The lowest BCUT2D eigenvalue weighted by Gasteiger charge is -2.31. The zero-order chi connectivity index (χ0) is 17.4. The predicted octanol–water partition coefficient (Wildman–Crippen LogP) is 2.88. The van der Waals surface area contributed by atoms with Gasteiger partial charge in [-0.3, -0.25) is 9.89 Å². The van der Waals surface area contributed by atoms with Crippen molar-refractivity contribution < 1.29 is 4.74 Å². The van der Waals surface area contributed by atoms with Crippen molar-refractivity contribution in [2.75, 3.05) is 39.8 Å². The SMILES string of the molecule is CCN(CC)C(CN=C(N)N1CCCCC1)c1cccc(OC)c1. The molecule has 0 aromatic heterocycles. The van der Waals surface area contributed by atoms with Crippen LogP contribution in [0.4, 0.5) is 0 Å². The first-order valence-electron chi connectivity index (χ1n) is 9.12. The summed E-state index contributed by atoms with van der Waals surface area (Å²) in [5.41, 5.74) is 7.48. The van der Waals surface area contributed by atoms with Gasteiger partial charge in [-0.15, -0.1) is 0 Å². The number of likely N-dealkylation sites (N-methyl/N-ethyl adjacent to an activating group) is 1. The van der Waals surface area contributed by atoms with E-state index in [2.05, 4.69) is 35.8 Å². The Bertz CT molecular complexity index is 522. The number of hydrogen-bond donors (Lipinski definition) is 1. The third kappa shape index (κ3) is 4.87. The van der Waals surface area contributed by atoms with Gasteiger partial charge in [-0.1, -0.05) is 26.0 Å². The smallest absolute Gasteiger partial charge is 0.191 e. The highest BCUT2D eigenvalue weighted by Crippen LogP contribution is 2.24. The molecule has 0 saturated carbocycles. The van der Waals surface area contributed by atoms with E-state index < -0.39 is 0 Å². The molecular weight excluding hydrogens is 300 g/mol. The topological polar surface area (TPSA) is 54.1 Å². The van der Waals surface area contributed by atoms with Crippen LogP contribution in [0.5, 0.6) is 5.75 Å². The predicted molar refractivity (Wildman–Crippen MR) is 101 cm³/mol. The number of likely N-dealkylation sites (tertiary alicyclic amines) is 1. The maximum atomic E-state index is 6.25. The second-order valence-corrected chi connectivity index (χ2v) is 6.26. The quantitative estimate of drug-likeness (QED) is 0.616. The van der Waals surface area contributed by atoms with Gasteiger partial charge >= 0.3 is 0 Å². The number of piperidine rings is 1. The Hall–Kier alpha value is -1.75. The maximum Gasteiger partial charge on any atom is 0.191 e. The van der Waals surface area contributed by atoms with Gasteiger partial charge in [0.15, 0.2) is 5.96 Å². The maximum absolute atomic E-state index is 6.25. The minimum Gasteiger partial charge on any atom is -0.497 e. The number of ether oxygens (including phenoxy) is 1. The van der Waals surface area contributed by atoms with Crippen LogP contribution in [0.3, 0.4) is 0 Å². The largest absolute Gasteiger partial charge is 0.497 e. The molecular formula is C19H32N4O. The first-order valence-corrected chi connectivity index (χ1v) is 9.12. The Labute approximate surface area is 146 Å². The fourth-order valence-corrected chi connectivity index (χ4v) is 3.35. The van der Waals surface area contributed by atoms with Crippen LogP contribution in [0.15, 0.2) is 29.3 Å². The number of hydrogen-bond acceptors (Lipinski definition) is 3. The Morgan fingerprint density at radius 1 is 1.25 bits per heavy atom. The molecule has 1 heterocycles. The molecule has 0 spiro atoms. The van der Waals surface area contributed by atoms with Crippen LogP contribution in [0.2, 0.25) is 0 Å². The summed E-state index contributed by atoms with van der Waals surface area (Å²) in [7, 11) is 1.71. The molecule has 2 rings (SSSR count). The fourth-order valence-electron chi connectivity index (χ4n) is 3.35. The summed E-state index contributed by atoms with van der Waals surface area (Å²) in [6, 6.07) is 8.50. The lowest BCUT2D eigenvalue weighted by Crippen LogP contribution is -2.41. The van der Waals surface area contributed by atoms with E-state index in [0.29, 0.717) is 12.5 Å². The van der Waals surface area contributed by atoms with E-state index >= 15 is 0 Å². The highest BCUT2D eigenvalue weighted by Gasteiger charge is 2.19. The molecule has 2 N–H and O–H groups in total. The van der Waals surface area contributed by atoms with Gasteiger partial charge < -0.3 is 15.4 Å². The molecule has 1 fully saturated rings. The van der Waals surface area contributed by atoms with Crippen LogP contribution >= 0.6 is 0 Å². The number of nitrogens with two attached hydrogens (primary N) is 1. The molecule has 0 radical (unpaired) electrons. The van der Waals surface area contributed by atoms with Crippen LogP contribution in [-0.2, 0) is 0 Å². The molecule has 5 heteroatoms. The summed E-state index contributed by atoms with van der Waals surface area (Å²) in [4.78, 5) is 9.37. The number of rotatable bonds is 7. The molecule has 134 valence electrons. The van der Waals surface area contributed by atoms with Crippen LogP contribution in [0.25, 0.3) is 0 Å². The highest BCUT2D eigenvalue weighted by atomic mass is 16.5. The van der Waals surface area contributed by atoms with Crippen LogP contribution in [0, 0.1) is 0 Å². The molecule has 0 bridgehead atoms. The summed E-state index contributed by atoms with van der Waals surface area (Å²) in [5, 5.41) is 0. The zero-order valence-corrected chi connectivity index (χ0v) is 15.4. The van der Waals surface area contributed by atoms with Crippen molar-refractivity contribution in [1.29, 1.82) is 0 Å². The second kappa shape index (κ2) is 9.52. The highest BCUT2D eigenvalue weighted by molar-refractivity contribution is 5.78. The first kappa shape index (κ1) is 18.6. The molecule has 1 aliphatic rings. The van der Waals surface area contributed by atoms with E-state index in [1.165, 1.54) is 24.8 Å². The Balaban J connectivity index is 2.16. The van der Waals surface area contributed by atoms with Crippen molar-refractivity contribution in [1.82, 2.24) is 9.80 Å². The van der Waals surface area contributed by atoms with Crippen LogP contribution < -0.4 is 10.5 Å². The molecule has 0 amide bonds. The molecule has 1 saturated heterocycles. The normalized spacial score (nSPS) is 17.2. The van der Waals surface area contributed by atoms with Crippen LogP contribution in [0.1, 0.15) is 44.7 Å². The number of nitrogens with zero attached hydrogens (tertiary/aromatic N) is 3. The molecule has 5 nitrogen and oxygen atoms in total. The van der Waals surface area contributed by atoms with E-state index in [9.17, 15) is 0 Å². The zero-order valence-electron chi connectivity index (χ0n) is 15.4. The Morgan fingerprint density at radius 3 is 2.58 bits per heavy atom. The van der Waals surface area contributed by atoms with Gasteiger partial charge in [-0.05, 0) is 50.0 Å². The monoisotopic (exact) mass is 332 g/mol. The average Bonchev–Trinajstić information content (AvgIpc) is 2.65. The second-order valence-electron chi connectivity index (χ2n) is 6.26. The van der Waals surface area contributed by atoms with E-state index in [-0.39, 0.29) is 6.04 Å². The summed E-state index contributed by atoms with van der Waals surface area (Å²) in [5.74, 6) is 1.58. The number of guanidine groups is 1. The molecule has 0 aliphatic carbocycles.